The Labute approximate surface area is 176 Å². The lowest BCUT2D eigenvalue weighted by Crippen LogP contribution is -2.59. The van der Waals surface area contributed by atoms with E-state index in [0.717, 1.165) is 10.1 Å². The molecule has 0 radical (unpaired) electrons. The molecule has 0 saturated heterocycles. The van der Waals surface area contributed by atoms with Crippen molar-refractivity contribution in [2.75, 3.05) is 16.8 Å². The molecule has 0 aliphatic carbocycles. The van der Waals surface area contributed by atoms with E-state index in [-0.39, 0.29) is 10.8 Å². The van der Waals surface area contributed by atoms with Crippen LogP contribution in [0, 0.1) is 0 Å². The van der Waals surface area contributed by atoms with Gasteiger partial charge in [-0.25, -0.2) is 4.79 Å². The Hall–Kier alpha value is -2.90. The SMILES string of the molecule is CC1(C)C(=O)Nc2ccccc2N1C(=O)COC(=O)c1sc2ccccc2c1Cl. The van der Waals surface area contributed by atoms with Crippen LogP contribution in [0.2, 0.25) is 5.02 Å². The van der Waals surface area contributed by atoms with Crippen molar-refractivity contribution in [2.24, 2.45) is 0 Å². The van der Waals surface area contributed by atoms with Crippen LogP contribution in [0.25, 0.3) is 10.1 Å². The van der Waals surface area contributed by atoms with Crippen molar-refractivity contribution in [3.8, 4) is 0 Å². The molecular formula is C21H17ClN2O4S. The van der Waals surface area contributed by atoms with Crippen LogP contribution in [0.15, 0.2) is 48.5 Å². The van der Waals surface area contributed by atoms with Gasteiger partial charge in [-0.3, -0.25) is 14.5 Å². The molecular weight excluding hydrogens is 412 g/mol. The number of amides is 2. The lowest BCUT2D eigenvalue weighted by molar-refractivity contribution is -0.128. The largest absolute Gasteiger partial charge is 0.451 e. The maximum atomic E-state index is 13.0. The zero-order chi connectivity index (χ0) is 20.8. The van der Waals surface area contributed by atoms with Crippen molar-refractivity contribution in [3.63, 3.8) is 0 Å². The molecule has 2 heterocycles. The summed E-state index contributed by atoms with van der Waals surface area (Å²) in [6, 6.07) is 14.4. The highest BCUT2D eigenvalue weighted by Gasteiger charge is 2.43. The summed E-state index contributed by atoms with van der Waals surface area (Å²) in [5.41, 5.74) is -0.0466. The highest BCUT2D eigenvalue weighted by atomic mass is 35.5. The monoisotopic (exact) mass is 428 g/mol. The number of benzene rings is 2. The highest BCUT2D eigenvalue weighted by molar-refractivity contribution is 7.21. The van der Waals surface area contributed by atoms with Gasteiger partial charge in [0.2, 0.25) is 5.91 Å². The molecule has 0 bridgehead atoms. The Morgan fingerprint density at radius 1 is 1.14 bits per heavy atom. The normalized spacial score (nSPS) is 15.0. The van der Waals surface area contributed by atoms with Gasteiger partial charge in [-0.05, 0) is 32.0 Å². The summed E-state index contributed by atoms with van der Waals surface area (Å²) < 4.78 is 6.12. The Balaban J connectivity index is 1.57. The van der Waals surface area contributed by atoms with E-state index in [1.807, 2.05) is 24.3 Å². The number of hydrogen-bond acceptors (Lipinski definition) is 5. The van der Waals surface area contributed by atoms with Gasteiger partial charge in [0.15, 0.2) is 6.61 Å². The van der Waals surface area contributed by atoms with E-state index in [2.05, 4.69) is 5.32 Å². The summed E-state index contributed by atoms with van der Waals surface area (Å²) >= 11 is 7.52. The second kappa shape index (κ2) is 7.17. The molecule has 0 atom stereocenters. The predicted molar refractivity (Wildman–Crippen MR) is 114 cm³/mol. The van der Waals surface area contributed by atoms with Crippen molar-refractivity contribution in [1.29, 1.82) is 0 Å². The number of thiophene rings is 1. The zero-order valence-corrected chi connectivity index (χ0v) is 17.3. The number of esters is 1. The third-order valence-corrected chi connectivity index (χ3v) is 6.46. The minimum atomic E-state index is -1.13. The second-order valence-corrected chi connectivity index (χ2v) is 8.51. The van der Waals surface area contributed by atoms with E-state index in [9.17, 15) is 14.4 Å². The van der Waals surface area contributed by atoms with Crippen molar-refractivity contribution >= 4 is 62.2 Å². The molecule has 6 nitrogen and oxygen atoms in total. The molecule has 1 aromatic heterocycles. The van der Waals surface area contributed by atoms with E-state index in [1.54, 1.807) is 38.1 Å². The van der Waals surface area contributed by atoms with Crippen LogP contribution in [0.4, 0.5) is 11.4 Å². The molecule has 1 aliphatic rings. The Bertz CT molecular complexity index is 1150. The molecule has 0 saturated carbocycles. The first-order valence-corrected chi connectivity index (χ1v) is 10.1. The summed E-state index contributed by atoms with van der Waals surface area (Å²) in [4.78, 5) is 39.6. The van der Waals surface area contributed by atoms with Gasteiger partial charge in [0, 0.05) is 10.1 Å². The number of carbonyl (C=O) groups excluding carboxylic acids is 3. The molecule has 0 fully saturated rings. The van der Waals surface area contributed by atoms with Gasteiger partial charge in [0.1, 0.15) is 10.4 Å². The van der Waals surface area contributed by atoms with Crippen molar-refractivity contribution in [1.82, 2.24) is 0 Å². The van der Waals surface area contributed by atoms with Crippen LogP contribution in [0.5, 0.6) is 0 Å². The van der Waals surface area contributed by atoms with E-state index >= 15 is 0 Å². The number of halogens is 1. The summed E-state index contributed by atoms with van der Waals surface area (Å²) in [6.45, 7) is 2.77. The third kappa shape index (κ3) is 3.26. The fourth-order valence-electron chi connectivity index (χ4n) is 3.30. The van der Waals surface area contributed by atoms with Crippen LogP contribution >= 0.6 is 22.9 Å². The highest BCUT2D eigenvalue weighted by Crippen LogP contribution is 2.37. The first-order chi connectivity index (χ1) is 13.8. The number of carbonyl (C=O) groups is 3. The number of nitrogens with zero attached hydrogens (tertiary/aromatic N) is 1. The van der Waals surface area contributed by atoms with Gasteiger partial charge < -0.3 is 10.1 Å². The average molecular weight is 429 g/mol. The fourth-order valence-corrected chi connectivity index (χ4v) is 4.70. The van der Waals surface area contributed by atoms with E-state index in [0.29, 0.717) is 16.4 Å². The van der Waals surface area contributed by atoms with Gasteiger partial charge in [-0.15, -0.1) is 11.3 Å². The number of nitrogens with one attached hydrogen (secondary N) is 1. The summed E-state index contributed by atoms with van der Waals surface area (Å²) in [5, 5.41) is 3.87. The molecule has 1 aliphatic heterocycles. The predicted octanol–water partition coefficient (Wildman–Crippen LogP) is 4.48. The molecule has 2 amide bonds. The molecule has 1 N–H and O–H groups in total. The number of para-hydroxylation sites is 2. The first-order valence-electron chi connectivity index (χ1n) is 8.88. The molecule has 0 spiro atoms. The number of hydrogen-bond donors (Lipinski definition) is 1. The lowest BCUT2D eigenvalue weighted by Gasteiger charge is -2.41. The molecule has 29 heavy (non-hydrogen) atoms. The summed E-state index contributed by atoms with van der Waals surface area (Å²) in [5.74, 6) is -1.48. The van der Waals surface area contributed by atoms with Gasteiger partial charge >= 0.3 is 5.97 Å². The van der Waals surface area contributed by atoms with Gasteiger partial charge in [0.05, 0.1) is 16.4 Å². The van der Waals surface area contributed by atoms with Gasteiger partial charge in [0.25, 0.3) is 5.91 Å². The van der Waals surface area contributed by atoms with Crippen LogP contribution in [-0.4, -0.2) is 29.9 Å². The summed E-state index contributed by atoms with van der Waals surface area (Å²) in [7, 11) is 0. The standard InChI is InChI=1S/C21H17ClN2O4S/c1-21(2)20(27)23-13-8-4-5-9-14(13)24(21)16(25)11-28-19(26)18-17(22)12-7-3-6-10-15(12)29-18/h3-10H,11H2,1-2H3,(H,23,27). The minimum Gasteiger partial charge on any atom is -0.451 e. The van der Waals surface area contributed by atoms with Crippen molar-refractivity contribution in [3.05, 3.63) is 58.4 Å². The second-order valence-electron chi connectivity index (χ2n) is 7.08. The Kier molecular flexibility index (Phi) is 4.80. The smallest absolute Gasteiger partial charge is 0.350 e. The maximum absolute atomic E-state index is 13.0. The number of rotatable bonds is 3. The van der Waals surface area contributed by atoms with Crippen LogP contribution in [0.3, 0.4) is 0 Å². The topological polar surface area (TPSA) is 75.7 Å². The van der Waals surface area contributed by atoms with Crippen LogP contribution in [-0.2, 0) is 14.3 Å². The van der Waals surface area contributed by atoms with Crippen LogP contribution < -0.4 is 10.2 Å². The van der Waals surface area contributed by atoms with Gasteiger partial charge in [-0.1, -0.05) is 41.9 Å². The van der Waals surface area contributed by atoms with Crippen LogP contribution in [0.1, 0.15) is 23.5 Å². The van der Waals surface area contributed by atoms with Crippen molar-refractivity contribution < 1.29 is 19.1 Å². The molecule has 4 rings (SSSR count). The fraction of sp³-hybridized carbons (Fsp3) is 0.190. The average Bonchev–Trinajstić information content (AvgIpc) is 3.04. The van der Waals surface area contributed by atoms with E-state index < -0.39 is 24.0 Å². The lowest BCUT2D eigenvalue weighted by atomic mass is 9.96. The molecule has 148 valence electrons. The molecule has 3 aromatic rings. The summed E-state index contributed by atoms with van der Waals surface area (Å²) in [6.07, 6.45) is 0. The first kappa shape index (κ1) is 19.4. The minimum absolute atomic E-state index is 0.247. The number of anilines is 2. The molecule has 0 unspecified atom stereocenters. The molecule has 2 aromatic carbocycles. The van der Waals surface area contributed by atoms with E-state index in [4.69, 9.17) is 16.3 Å². The van der Waals surface area contributed by atoms with E-state index in [1.165, 1.54) is 16.2 Å². The number of ether oxygens (including phenoxy) is 1. The quantitative estimate of drug-likeness (QED) is 0.624. The molecule has 8 heteroatoms. The maximum Gasteiger partial charge on any atom is 0.350 e. The Morgan fingerprint density at radius 3 is 2.59 bits per heavy atom. The van der Waals surface area contributed by atoms with Crippen molar-refractivity contribution in [2.45, 2.75) is 19.4 Å². The Morgan fingerprint density at radius 2 is 1.83 bits per heavy atom. The zero-order valence-electron chi connectivity index (χ0n) is 15.7. The number of fused-ring (bicyclic) bond motifs is 2. The van der Waals surface area contributed by atoms with Gasteiger partial charge in [-0.2, -0.15) is 0 Å². The third-order valence-electron chi connectivity index (χ3n) is 4.80.